The van der Waals surface area contributed by atoms with E-state index in [0.717, 1.165) is 24.3 Å². The van der Waals surface area contributed by atoms with Gasteiger partial charge in [0.2, 0.25) is 0 Å². The number of halogens is 3. The van der Waals surface area contributed by atoms with Crippen LogP contribution in [-0.4, -0.2) is 10.9 Å². The van der Waals surface area contributed by atoms with E-state index in [1.807, 2.05) is 0 Å². The van der Waals surface area contributed by atoms with Crippen LogP contribution < -0.4 is 0 Å². The lowest BCUT2D eigenvalue weighted by Crippen LogP contribution is -2.06. The number of carbonyl (C=O) groups excluding carboxylic acids is 1. The monoisotopic (exact) mass is 266 g/mol. The third kappa shape index (κ3) is 2.76. The molecule has 0 aliphatic rings. The molecule has 0 aromatic heterocycles. The van der Waals surface area contributed by atoms with Gasteiger partial charge >= 0.3 is 6.18 Å². The Labute approximate surface area is 107 Å². The van der Waals surface area contributed by atoms with Crippen LogP contribution in [0.3, 0.4) is 0 Å². The minimum absolute atomic E-state index is 0.0576. The summed E-state index contributed by atoms with van der Waals surface area (Å²) < 4.78 is 37.1. The predicted molar refractivity (Wildman–Crippen MR) is 63.0 cm³/mol. The van der Waals surface area contributed by atoms with Crippen LogP contribution in [0.25, 0.3) is 0 Å². The van der Waals surface area contributed by atoms with Crippen molar-refractivity contribution >= 4 is 5.78 Å². The summed E-state index contributed by atoms with van der Waals surface area (Å²) in [5, 5.41) is 9.53. The van der Waals surface area contributed by atoms with Crippen molar-refractivity contribution in [1.82, 2.24) is 0 Å². The number of phenols is 1. The Morgan fingerprint density at radius 2 is 1.53 bits per heavy atom. The molecule has 2 aromatic rings. The average Bonchev–Trinajstić information content (AvgIpc) is 2.38. The highest BCUT2D eigenvalue weighted by molar-refractivity contribution is 6.10. The Morgan fingerprint density at radius 3 is 2.05 bits per heavy atom. The highest BCUT2D eigenvalue weighted by atomic mass is 19.4. The van der Waals surface area contributed by atoms with Crippen molar-refractivity contribution in [2.75, 3.05) is 0 Å². The molecule has 0 aliphatic carbocycles. The summed E-state index contributed by atoms with van der Waals surface area (Å²) in [6.45, 7) is 0. The van der Waals surface area contributed by atoms with Crippen molar-refractivity contribution in [2.24, 2.45) is 0 Å². The molecule has 0 atom stereocenters. The van der Waals surface area contributed by atoms with E-state index in [1.165, 1.54) is 12.1 Å². The topological polar surface area (TPSA) is 37.3 Å². The van der Waals surface area contributed by atoms with Crippen LogP contribution in [0.5, 0.6) is 5.75 Å². The van der Waals surface area contributed by atoms with Crippen LogP contribution in [0.1, 0.15) is 21.5 Å². The van der Waals surface area contributed by atoms with E-state index in [0.29, 0.717) is 0 Å². The molecule has 0 radical (unpaired) electrons. The first-order chi connectivity index (χ1) is 8.89. The van der Waals surface area contributed by atoms with Gasteiger partial charge in [0.05, 0.1) is 11.1 Å². The van der Waals surface area contributed by atoms with Gasteiger partial charge in [-0.1, -0.05) is 24.3 Å². The summed E-state index contributed by atoms with van der Waals surface area (Å²) in [5.41, 5.74) is -0.668. The zero-order chi connectivity index (χ0) is 14.0. The molecule has 5 heteroatoms. The van der Waals surface area contributed by atoms with E-state index >= 15 is 0 Å². The van der Waals surface area contributed by atoms with Crippen LogP contribution in [0.15, 0.2) is 48.5 Å². The number of hydrogen-bond acceptors (Lipinski definition) is 2. The number of benzene rings is 2. The number of carbonyl (C=O) groups is 1. The number of para-hydroxylation sites is 1. The van der Waals surface area contributed by atoms with E-state index in [4.69, 9.17) is 0 Å². The van der Waals surface area contributed by atoms with Gasteiger partial charge in [-0.15, -0.1) is 0 Å². The second-order valence-corrected chi connectivity index (χ2v) is 3.92. The number of alkyl halides is 3. The van der Waals surface area contributed by atoms with Gasteiger partial charge in [-0.25, -0.2) is 0 Å². The van der Waals surface area contributed by atoms with E-state index in [9.17, 15) is 23.1 Å². The standard InChI is InChI=1S/C14H9F3O2/c15-14(16,17)10-7-5-9(6-8-10)13(19)11-3-1-2-4-12(11)18/h1-8,18H. The molecule has 1 N–H and O–H groups in total. The van der Waals surface area contributed by atoms with Crippen molar-refractivity contribution in [3.05, 3.63) is 65.2 Å². The van der Waals surface area contributed by atoms with Crippen molar-refractivity contribution < 1.29 is 23.1 Å². The van der Waals surface area contributed by atoms with Gasteiger partial charge in [0.15, 0.2) is 5.78 Å². The van der Waals surface area contributed by atoms with Crippen LogP contribution in [0, 0.1) is 0 Å². The van der Waals surface area contributed by atoms with Gasteiger partial charge in [0, 0.05) is 5.56 Å². The first kappa shape index (κ1) is 13.1. The molecule has 0 bridgehead atoms. The van der Waals surface area contributed by atoms with E-state index in [2.05, 4.69) is 0 Å². The lowest BCUT2D eigenvalue weighted by atomic mass is 10.0. The molecule has 0 unspecified atom stereocenters. The van der Waals surface area contributed by atoms with Crippen LogP contribution >= 0.6 is 0 Å². The Hall–Kier alpha value is -2.30. The summed E-state index contributed by atoms with van der Waals surface area (Å²) in [6, 6.07) is 9.75. The summed E-state index contributed by atoms with van der Waals surface area (Å²) in [6.07, 6.45) is -4.43. The molecule has 0 spiro atoms. The maximum Gasteiger partial charge on any atom is 0.416 e. The molecule has 0 aliphatic heterocycles. The molecule has 0 saturated heterocycles. The Morgan fingerprint density at radius 1 is 0.947 bits per heavy atom. The molecule has 2 rings (SSSR count). The zero-order valence-electron chi connectivity index (χ0n) is 9.61. The Balaban J connectivity index is 2.34. The molecule has 0 saturated carbocycles. The summed E-state index contributed by atoms with van der Waals surface area (Å²) in [4.78, 5) is 12.0. The van der Waals surface area contributed by atoms with E-state index in [1.54, 1.807) is 12.1 Å². The molecule has 0 amide bonds. The fourth-order valence-electron chi connectivity index (χ4n) is 1.63. The van der Waals surface area contributed by atoms with Crippen molar-refractivity contribution in [3.63, 3.8) is 0 Å². The maximum absolute atomic E-state index is 12.4. The molecule has 0 fully saturated rings. The van der Waals surface area contributed by atoms with E-state index < -0.39 is 17.5 Å². The van der Waals surface area contributed by atoms with Gasteiger partial charge in [0.1, 0.15) is 5.75 Å². The second kappa shape index (κ2) is 4.76. The minimum Gasteiger partial charge on any atom is -0.507 e. The lowest BCUT2D eigenvalue weighted by Gasteiger charge is -2.07. The Kier molecular flexibility index (Phi) is 3.29. The van der Waals surface area contributed by atoms with Crippen LogP contribution in [0.2, 0.25) is 0 Å². The number of phenolic OH excluding ortho intramolecular Hbond substituents is 1. The first-order valence-corrected chi connectivity index (χ1v) is 5.39. The van der Waals surface area contributed by atoms with Crippen molar-refractivity contribution in [1.29, 1.82) is 0 Å². The highest BCUT2D eigenvalue weighted by Gasteiger charge is 2.30. The maximum atomic E-state index is 12.4. The minimum atomic E-state index is -4.43. The molecule has 2 nitrogen and oxygen atoms in total. The third-order valence-electron chi connectivity index (χ3n) is 2.62. The quantitative estimate of drug-likeness (QED) is 0.842. The van der Waals surface area contributed by atoms with Crippen molar-refractivity contribution in [3.8, 4) is 5.75 Å². The zero-order valence-corrected chi connectivity index (χ0v) is 9.61. The smallest absolute Gasteiger partial charge is 0.416 e. The normalized spacial score (nSPS) is 11.3. The van der Waals surface area contributed by atoms with Crippen LogP contribution in [-0.2, 0) is 6.18 Å². The molecular weight excluding hydrogens is 257 g/mol. The SMILES string of the molecule is O=C(c1ccc(C(F)(F)F)cc1)c1ccccc1O. The average molecular weight is 266 g/mol. The fraction of sp³-hybridized carbons (Fsp3) is 0.0714. The fourth-order valence-corrected chi connectivity index (χ4v) is 1.63. The summed E-state index contributed by atoms with van der Waals surface area (Å²) >= 11 is 0. The predicted octanol–water partition coefficient (Wildman–Crippen LogP) is 3.64. The van der Waals surface area contributed by atoms with Gasteiger partial charge in [0.25, 0.3) is 0 Å². The van der Waals surface area contributed by atoms with Gasteiger partial charge < -0.3 is 5.11 Å². The highest BCUT2D eigenvalue weighted by Crippen LogP contribution is 2.29. The lowest BCUT2D eigenvalue weighted by molar-refractivity contribution is -0.137. The third-order valence-corrected chi connectivity index (χ3v) is 2.62. The number of hydrogen-bond donors (Lipinski definition) is 1. The first-order valence-electron chi connectivity index (χ1n) is 5.39. The molecule has 19 heavy (non-hydrogen) atoms. The largest absolute Gasteiger partial charge is 0.507 e. The molecular formula is C14H9F3O2. The number of aromatic hydroxyl groups is 1. The summed E-state index contributed by atoms with van der Waals surface area (Å²) in [7, 11) is 0. The van der Waals surface area contributed by atoms with E-state index in [-0.39, 0.29) is 16.9 Å². The second-order valence-electron chi connectivity index (χ2n) is 3.92. The number of ketones is 1. The molecule has 98 valence electrons. The molecule has 2 aromatic carbocycles. The van der Waals surface area contributed by atoms with Crippen molar-refractivity contribution in [2.45, 2.75) is 6.18 Å². The van der Waals surface area contributed by atoms with Crippen LogP contribution in [0.4, 0.5) is 13.2 Å². The number of rotatable bonds is 2. The Bertz CT molecular complexity index is 601. The van der Waals surface area contributed by atoms with Gasteiger partial charge in [-0.3, -0.25) is 4.79 Å². The summed E-state index contributed by atoms with van der Waals surface area (Å²) in [5.74, 6) is -0.723. The van der Waals surface area contributed by atoms with Gasteiger partial charge in [-0.2, -0.15) is 13.2 Å². The van der Waals surface area contributed by atoms with Gasteiger partial charge in [-0.05, 0) is 24.3 Å². The molecule has 0 heterocycles.